The smallest absolute Gasteiger partial charge is 0.239 e. The average molecular weight is 241 g/mol. The Morgan fingerprint density at radius 3 is 2.71 bits per heavy atom. The van der Waals surface area contributed by atoms with E-state index in [1.54, 1.807) is 0 Å². The molecule has 2 atom stereocenters. The molecule has 0 radical (unpaired) electrons. The maximum Gasteiger partial charge on any atom is 0.239 e. The fraction of sp³-hybridized carbons (Fsp3) is 0.923. The van der Waals surface area contributed by atoms with E-state index in [9.17, 15) is 4.79 Å². The van der Waals surface area contributed by atoms with Crippen LogP contribution < -0.4 is 5.73 Å². The van der Waals surface area contributed by atoms with Crippen LogP contribution in [0.5, 0.6) is 0 Å². The fourth-order valence-electron chi connectivity index (χ4n) is 2.51. The number of hydrogen-bond acceptors (Lipinski definition) is 3. The monoisotopic (exact) mass is 241 g/mol. The van der Waals surface area contributed by atoms with Gasteiger partial charge in [0.2, 0.25) is 5.91 Å². The largest absolute Gasteiger partial charge is 0.340 e. The predicted molar refractivity (Wildman–Crippen MR) is 70.7 cm³/mol. The van der Waals surface area contributed by atoms with Crippen molar-refractivity contribution >= 4 is 5.91 Å². The standard InChI is InChI=1S/C13H27N3O/c1-10(2)8-12(14)13(17)16(4)11-6-5-7-15(3)9-11/h10-12H,5-9,14H2,1-4H3. The van der Waals surface area contributed by atoms with Gasteiger partial charge in [-0.25, -0.2) is 0 Å². The summed E-state index contributed by atoms with van der Waals surface area (Å²) in [5.41, 5.74) is 5.96. The Morgan fingerprint density at radius 2 is 2.18 bits per heavy atom. The van der Waals surface area contributed by atoms with Crippen molar-refractivity contribution in [2.75, 3.05) is 27.2 Å². The number of nitrogens with zero attached hydrogens (tertiary/aromatic N) is 2. The Labute approximate surface area is 105 Å². The van der Waals surface area contributed by atoms with Gasteiger partial charge in [-0.3, -0.25) is 4.79 Å². The first-order valence-corrected chi connectivity index (χ1v) is 6.62. The molecule has 1 aliphatic rings. The Kier molecular flexibility index (Phi) is 5.40. The van der Waals surface area contributed by atoms with E-state index in [4.69, 9.17) is 5.73 Å². The van der Waals surface area contributed by atoms with Gasteiger partial charge in [0.1, 0.15) is 0 Å². The highest BCUT2D eigenvalue weighted by atomic mass is 16.2. The van der Waals surface area contributed by atoms with Crippen molar-refractivity contribution in [1.82, 2.24) is 9.80 Å². The third-order valence-electron chi connectivity index (χ3n) is 3.54. The molecule has 0 aromatic rings. The van der Waals surface area contributed by atoms with Crippen LogP contribution in [0, 0.1) is 5.92 Å². The van der Waals surface area contributed by atoms with Crippen LogP contribution in [0.25, 0.3) is 0 Å². The molecular formula is C13H27N3O. The summed E-state index contributed by atoms with van der Waals surface area (Å²) in [6, 6.07) is -0.00769. The van der Waals surface area contributed by atoms with Gasteiger partial charge in [-0.2, -0.15) is 0 Å². The molecule has 4 heteroatoms. The van der Waals surface area contributed by atoms with E-state index < -0.39 is 0 Å². The molecule has 0 bridgehead atoms. The molecule has 1 heterocycles. The second-order valence-electron chi connectivity index (χ2n) is 5.74. The van der Waals surface area contributed by atoms with Gasteiger partial charge < -0.3 is 15.5 Å². The van der Waals surface area contributed by atoms with Gasteiger partial charge >= 0.3 is 0 Å². The van der Waals surface area contributed by atoms with Gasteiger partial charge in [-0.05, 0) is 38.8 Å². The number of hydrogen-bond donors (Lipinski definition) is 1. The van der Waals surface area contributed by atoms with E-state index in [1.807, 2.05) is 11.9 Å². The predicted octanol–water partition coefficient (Wildman–Crippen LogP) is 0.912. The van der Waals surface area contributed by atoms with Crippen molar-refractivity contribution in [1.29, 1.82) is 0 Å². The summed E-state index contributed by atoms with van der Waals surface area (Å²) < 4.78 is 0. The first-order chi connectivity index (χ1) is 7.91. The second-order valence-corrected chi connectivity index (χ2v) is 5.74. The molecule has 4 nitrogen and oxygen atoms in total. The lowest BCUT2D eigenvalue weighted by atomic mass is 10.0. The molecule has 2 unspecified atom stereocenters. The first-order valence-electron chi connectivity index (χ1n) is 6.62. The maximum atomic E-state index is 12.2. The van der Waals surface area contributed by atoms with Crippen LogP contribution in [0.15, 0.2) is 0 Å². The SMILES string of the molecule is CC(C)CC(N)C(=O)N(C)C1CCCN(C)C1. The van der Waals surface area contributed by atoms with Gasteiger partial charge in [-0.15, -0.1) is 0 Å². The highest BCUT2D eigenvalue weighted by molar-refractivity contribution is 5.81. The van der Waals surface area contributed by atoms with Gasteiger partial charge in [-0.1, -0.05) is 13.8 Å². The summed E-state index contributed by atoms with van der Waals surface area (Å²) in [6.07, 6.45) is 3.03. The number of carbonyl (C=O) groups is 1. The summed E-state index contributed by atoms with van der Waals surface area (Å²) in [5, 5.41) is 0. The minimum absolute atomic E-state index is 0.0963. The molecule has 17 heavy (non-hydrogen) atoms. The molecule has 2 N–H and O–H groups in total. The van der Waals surface area contributed by atoms with Crippen molar-refractivity contribution in [3.8, 4) is 0 Å². The number of rotatable bonds is 4. The second kappa shape index (κ2) is 6.36. The number of nitrogens with two attached hydrogens (primary N) is 1. The van der Waals surface area contributed by atoms with Crippen molar-refractivity contribution in [2.45, 2.75) is 45.2 Å². The Hall–Kier alpha value is -0.610. The Balaban J connectivity index is 2.50. The Morgan fingerprint density at radius 1 is 1.53 bits per heavy atom. The van der Waals surface area contributed by atoms with Crippen molar-refractivity contribution in [2.24, 2.45) is 11.7 Å². The molecule has 0 aliphatic carbocycles. The van der Waals surface area contributed by atoms with E-state index in [0.717, 1.165) is 32.4 Å². The molecule has 1 saturated heterocycles. The van der Waals surface area contributed by atoms with Gasteiger partial charge in [0.25, 0.3) is 0 Å². The van der Waals surface area contributed by atoms with Crippen LogP contribution in [0.2, 0.25) is 0 Å². The maximum absolute atomic E-state index is 12.2. The summed E-state index contributed by atoms with van der Waals surface area (Å²) in [7, 11) is 4.00. The van der Waals surface area contributed by atoms with E-state index >= 15 is 0 Å². The van der Waals surface area contributed by atoms with Crippen molar-refractivity contribution in [3.63, 3.8) is 0 Å². The zero-order chi connectivity index (χ0) is 13.0. The summed E-state index contributed by atoms with van der Waals surface area (Å²) in [4.78, 5) is 16.3. The quantitative estimate of drug-likeness (QED) is 0.796. The number of carbonyl (C=O) groups excluding carboxylic acids is 1. The molecule has 0 aromatic carbocycles. The fourth-order valence-corrected chi connectivity index (χ4v) is 2.51. The minimum Gasteiger partial charge on any atom is -0.340 e. The van der Waals surface area contributed by atoms with Crippen LogP contribution in [0.3, 0.4) is 0 Å². The molecule has 0 aromatic heterocycles. The third kappa shape index (κ3) is 4.28. The highest BCUT2D eigenvalue weighted by Crippen LogP contribution is 2.15. The van der Waals surface area contributed by atoms with Crippen molar-refractivity contribution in [3.05, 3.63) is 0 Å². The van der Waals surface area contributed by atoms with Gasteiger partial charge in [0.15, 0.2) is 0 Å². The number of likely N-dealkylation sites (tertiary alicyclic amines) is 1. The number of likely N-dealkylation sites (N-methyl/N-ethyl adjacent to an activating group) is 2. The van der Waals surface area contributed by atoms with Gasteiger partial charge in [0.05, 0.1) is 6.04 Å². The topological polar surface area (TPSA) is 49.6 Å². The number of amides is 1. The molecule has 0 spiro atoms. The zero-order valence-corrected chi connectivity index (χ0v) is 11.6. The van der Waals surface area contributed by atoms with Crippen LogP contribution in [-0.4, -0.2) is 55.0 Å². The molecule has 100 valence electrons. The van der Waals surface area contributed by atoms with Crippen LogP contribution in [0.1, 0.15) is 33.1 Å². The molecule has 1 aliphatic heterocycles. The molecule has 1 amide bonds. The first kappa shape index (κ1) is 14.5. The zero-order valence-electron chi connectivity index (χ0n) is 11.6. The molecule has 1 rings (SSSR count). The third-order valence-corrected chi connectivity index (χ3v) is 3.54. The minimum atomic E-state index is -0.341. The normalized spacial score (nSPS) is 23.8. The summed E-state index contributed by atoms with van der Waals surface area (Å²) in [5.74, 6) is 0.565. The number of piperidine rings is 1. The van der Waals surface area contributed by atoms with E-state index in [1.165, 1.54) is 0 Å². The Bertz CT molecular complexity index is 255. The highest BCUT2D eigenvalue weighted by Gasteiger charge is 2.27. The molecule has 1 fully saturated rings. The van der Waals surface area contributed by atoms with Crippen LogP contribution in [0.4, 0.5) is 0 Å². The lowest BCUT2D eigenvalue weighted by Gasteiger charge is -2.37. The summed E-state index contributed by atoms with van der Waals surface area (Å²) >= 11 is 0. The van der Waals surface area contributed by atoms with E-state index in [-0.39, 0.29) is 11.9 Å². The van der Waals surface area contributed by atoms with E-state index in [0.29, 0.717) is 12.0 Å². The average Bonchev–Trinajstić information content (AvgIpc) is 2.26. The van der Waals surface area contributed by atoms with Crippen LogP contribution >= 0.6 is 0 Å². The molecule has 0 saturated carbocycles. The lowest BCUT2D eigenvalue weighted by Crippen LogP contribution is -2.52. The van der Waals surface area contributed by atoms with E-state index in [2.05, 4.69) is 25.8 Å². The van der Waals surface area contributed by atoms with Gasteiger partial charge in [0, 0.05) is 19.6 Å². The lowest BCUT2D eigenvalue weighted by molar-refractivity contribution is -0.134. The summed E-state index contributed by atoms with van der Waals surface area (Å²) in [6.45, 7) is 6.30. The van der Waals surface area contributed by atoms with Crippen LogP contribution in [-0.2, 0) is 4.79 Å². The molecular weight excluding hydrogens is 214 g/mol. The van der Waals surface area contributed by atoms with Crippen molar-refractivity contribution < 1.29 is 4.79 Å².